The third-order valence-corrected chi connectivity index (χ3v) is 8.69. The van der Waals surface area contributed by atoms with Gasteiger partial charge in [-0.15, -0.1) is 0 Å². The van der Waals surface area contributed by atoms with E-state index in [1.165, 1.54) is 0 Å². The van der Waals surface area contributed by atoms with Crippen molar-refractivity contribution in [1.82, 2.24) is 19.7 Å². The van der Waals surface area contributed by atoms with Crippen LogP contribution in [0.25, 0.3) is 27.6 Å². The van der Waals surface area contributed by atoms with Crippen LogP contribution in [0, 0.1) is 0 Å². The van der Waals surface area contributed by atoms with Gasteiger partial charge in [-0.2, -0.15) is 0 Å². The number of ether oxygens (including phenoxy) is 1. The van der Waals surface area contributed by atoms with Crippen molar-refractivity contribution in [2.24, 2.45) is 0 Å². The largest absolute Gasteiger partial charge is 0.496 e. The van der Waals surface area contributed by atoms with E-state index in [2.05, 4.69) is 22.4 Å². The van der Waals surface area contributed by atoms with E-state index in [-0.39, 0.29) is 11.8 Å². The van der Waals surface area contributed by atoms with Crippen LogP contribution in [0.1, 0.15) is 33.6 Å². The van der Waals surface area contributed by atoms with Crippen molar-refractivity contribution >= 4 is 40.4 Å². The lowest BCUT2D eigenvalue weighted by molar-refractivity contribution is -0.141. The first-order valence-corrected chi connectivity index (χ1v) is 14.8. The van der Waals surface area contributed by atoms with E-state index in [0.717, 1.165) is 56.4 Å². The van der Waals surface area contributed by atoms with Crippen molar-refractivity contribution in [2.75, 3.05) is 46.7 Å². The second-order valence-electron chi connectivity index (χ2n) is 11.6. The molecule has 6 rings (SSSR count). The van der Waals surface area contributed by atoms with Gasteiger partial charge in [-0.3, -0.25) is 14.4 Å². The number of amides is 3. The molecule has 2 aliphatic rings. The lowest BCUT2D eigenvalue weighted by Gasteiger charge is -2.38. The highest BCUT2D eigenvalue weighted by atomic mass is 16.5. The Bertz CT molecular complexity index is 1790. The molecule has 2 N–H and O–H groups in total. The predicted octanol–water partition coefficient (Wildman–Crippen LogP) is 4.79. The highest BCUT2D eigenvalue weighted by Crippen LogP contribution is 2.40. The van der Waals surface area contributed by atoms with Gasteiger partial charge in [0.1, 0.15) is 17.5 Å². The number of H-pyrrole nitrogens is 1. The van der Waals surface area contributed by atoms with Gasteiger partial charge in [0.05, 0.1) is 7.11 Å². The molecule has 1 aromatic heterocycles. The molecule has 0 spiro atoms. The van der Waals surface area contributed by atoms with Crippen LogP contribution < -0.4 is 10.1 Å². The number of hydrogen-bond acceptors (Lipinski definition) is 5. The molecule has 2 aliphatic heterocycles. The Kier molecular flexibility index (Phi) is 7.86. The summed E-state index contributed by atoms with van der Waals surface area (Å²) in [5.41, 5.74) is 8.23. The van der Waals surface area contributed by atoms with E-state index < -0.39 is 6.04 Å². The average molecular weight is 592 g/mol. The molecule has 226 valence electrons. The molecular formula is C35H37N5O4. The monoisotopic (exact) mass is 591 g/mol. The number of fused-ring (bicyclic) bond motifs is 2. The standard InChI is InChI=1S/C35H37N5O4/c1-36-26-11-12-27(33(17-26)44-4)28-14-25(15-30-29(28)18-31(37-30)34(42)38(2)3)24-10-7-13-39(19-24)35(43)32-16-22-8-5-6-9-23(22)20-40(32)21-41/h5-6,8-12,14-15,17-18,21,32,36-37H,7,13,16,19-20H2,1-4H3. The van der Waals surface area contributed by atoms with Gasteiger partial charge in [-0.25, -0.2) is 0 Å². The van der Waals surface area contributed by atoms with E-state index in [1.54, 1.807) is 31.0 Å². The molecule has 0 aliphatic carbocycles. The third-order valence-electron chi connectivity index (χ3n) is 8.69. The molecule has 3 heterocycles. The van der Waals surface area contributed by atoms with Gasteiger partial charge in [0.15, 0.2) is 0 Å². The lowest BCUT2D eigenvalue weighted by Crippen LogP contribution is -2.52. The van der Waals surface area contributed by atoms with Gasteiger partial charge in [0, 0.05) is 75.4 Å². The van der Waals surface area contributed by atoms with Crippen LogP contribution in [0.5, 0.6) is 5.75 Å². The molecule has 3 amide bonds. The first-order chi connectivity index (χ1) is 21.3. The molecule has 0 saturated carbocycles. The maximum absolute atomic E-state index is 13.9. The molecule has 4 aromatic rings. The number of carbonyl (C=O) groups excluding carboxylic acids is 3. The minimum atomic E-state index is -0.530. The summed E-state index contributed by atoms with van der Waals surface area (Å²) in [5, 5.41) is 4.06. The minimum absolute atomic E-state index is 0.0402. The first kappa shape index (κ1) is 29.0. The Balaban J connectivity index is 1.37. The molecule has 9 heteroatoms. The molecule has 0 radical (unpaired) electrons. The second-order valence-corrected chi connectivity index (χ2v) is 11.6. The summed E-state index contributed by atoms with van der Waals surface area (Å²) < 4.78 is 5.80. The van der Waals surface area contributed by atoms with E-state index >= 15 is 0 Å². The number of anilines is 1. The van der Waals surface area contributed by atoms with Gasteiger partial charge >= 0.3 is 0 Å². The minimum Gasteiger partial charge on any atom is -0.496 e. The molecule has 0 bridgehead atoms. The molecule has 9 nitrogen and oxygen atoms in total. The van der Waals surface area contributed by atoms with Crippen molar-refractivity contribution in [3.05, 3.63) is 89.1 Å². The van der Waals surface area contributed by atoms with Crippen molar-refractivity contribution < 1.29 is 19.1 Å². The highest BCUT2D eigenvalue weighted by molar-refractivity contribution is 6.05. The molecule has 1 unspecified atom stereocenters. The number of benzene rings is 3. The van der Waals surface area contributed by atoms with Gasteiger partial charge in [-0.1, -0.05) is 30.3 Å². The Hall–Kier alpha value is -5.05. The average Bonchev–Trinajstić information content (AvgIpc) is 3.50. The maximum atomic E-state index is 13.9. The van der Waals surface area contributed by atoms with E-state index in [9.17, 15) is 14.4 Å². The van der Waals surface area contributed by atoms with Crippen molar-refractivity contribution in [3.8, 4) is 16.9 Å². The van der Waals surface area contributed by atoms with Crippen molar-refractivity contribution in [2.45, 2.75) is 25.4 Å². The van der Waals surface area contributed by atoms with Crippen molar-refractivity contribution in [3.63, 3.8) is 0 Å². The topological polar surface area (TPSA) is 98.0 Å². The summed E-state index contributed by atoms with van der Waals surface area (Å²) in [7, 11) is 6.97. The Morgan fingerprint density at radius 2 is 1.82 bits per heavy atom. The number of hydrogen-bond donors (Lipinski definition) is 2. The molecular weight excluding hydrogens is 554 g/mol. The molecule has 0 fully saturated rings. The zero-order chi connectivity index (χ0) is 31.0. The normalized spacial score (nSPS) is 16.3. The summed E-state index contributed by atoms with van der Waals surface area (Å²) in [4.78, 5) is 47.3. The fourth-order valence-electron chi connectivity index (χ4n) is 6.31. The summed E-state index contributed by atoms with van der Waals surface area (Å²) >= 11 is 0. The maximum Gasteiger partial charge on any atom is 0.269 e. The summed E-state index contributed by atoms with van der Waals surface area (Å²) in [6.45, 7) is 1.45. The SMILES string of the molecule is CNc1ccc(-c2cc(C3=CCCN(C(=O)C4Cc5ccccc5CN4C=O)C3)cc3[nH]c(C(=O)N(C)C)cc23)c(OC)c1. The number of aromatic nitrogens is 1. The first-order valence-electron chi connectivity index (χ1n) is 14.8. The van der Waals surface area contributed by atoms with Gasteiger partial charge in [0.25, 0.3) is 5.91 Å². The fourth-order valence-corrected chi connectivity index (χ4v) is 6.31. The van der Waals surface area contributed by atoms with Crippen LogP contribution in [0.15, 0.2) is 66.7 Å². The highest BCUT2D eigenvalue weighted by Gasteiger charge is 2.34. The summed E-state index contributed by atoms with van der Waals surface area (Å²) in [6, 6.07) is 19.5. The van der Waals surface area contributed by atoms with Crippen LogP contribution in [0.3, 0.4) is 0 Å². The zero-order valence-corrected chi connectivity index (χ0v) is 25.5. The van der Waals surface area contributed by atoms with Crippen LogP contribution in [0.4, 0.5) is 5.69 Å². The number of nitrogens with one attached hydrogen (secondary N) is 2. The Labute approximate surface area is 257 Å². The molecule has 44 heavy (non-hydrogen) atoms. The number of aromatic amines is 1. The van der Waals surface area contributed by atoms with Crippen LogP contribution in [-0.2, 0) is 22.6 Å². The number of methoxy groups -OCH3 is 1. The smallest absolute Gasteiger partial charge is 0.269 e. The predicted molar refractivity (Wildman–Crippen MR) is 173 cm³/mol. The second kappa shape index (κ2) is 11.9. The lowest BCUT2D eigenvalue weighted by atomic mass is 9.91. The van der Waals surface area contributed by atoms with Gasteiger partial charge < -0.3 is 29.7 Å². The number of rotatable bonds is 7. The third kappa shape index (κ3) is 5.30. The van der Waals surface area contributed by atoms with E-state index in [1.807, 2.05) is 66.5 Å². The number of nitrogens with zero attached hydrogens (tertiary/aromatic N) is 3. The van der Waals surface area contributed by atoms with Crippen molar-refractivity contribution in [1.29, 1.82) is 0 Å². The zero-order valence-electron chi connectivity index (χ0n) is 25.5. The van der Waals surface area contributed by atoms with Crippen LogP contribution in [0.2, 0.25) is 0 Å². The molecule has 3 aromatic carbocycles. The molecule has 1 atom stereocenters. The van der Waals surface area contributed by atoms with E-state index in [0.29, 0.717) is 43.9 Å². The molecule has 0 saturated heterocycles. The van der Waals surface area contributed by atoms with Gasteiger partial charge in [0.2, 0.25) is 12.3 Å². The van der Waals surface area contributed by atoms with Crippen LogP contribution in [-0.4, -0.2) is 85.3 Å². The Morgan fingerprint density at radius 3 is 2.55 bits per heavy atom. The summed E-state index contributed by atoms with van der Waals surface area (Å²) in [5.74, 6) is 0.549. The number of carbonyl (C=O) groups is 3. The quantitative estimate of drug-likeness (QED) is 0.302. The van der Waals surface area contributed by atoms with E-state index in [4.69, 9.17) is 4.74 Å². The van der Waals surface area contributed by atoms with Gasteiger partial charge in [-0.05, 0) is 64.6 Å². The fraction of sp³-hybridized carbons (Fsp3) is 0.286. The van der Waals surface area contributed by atoms with Crippen LogP contribution >= 0.6 is 0 Å². The summed E-state index contributed by atoms with van der Waals surface area (Å²) in [6.07, 6.45) is 4.18. The Morgan fingerprint density at radius 1 is 1.02 bits per heavy atom.